The smallest absolute Gasteiger partial charge is 0.00986 e. The van der Waals surface area contributed by atoms with Crippen LogP contribution >= 0.6 is 0 Å². The molecular weight excluding hydrogens is 312 g/mol. The molecule has 6 rings (SSSR count). The maximum absolute atomic E-state index is 2.38. The number of hydrogen-bond acceptors (Lipinski definition) is 0. The van der Waals surface area contributed by atoms with Gasteiger partial charge >= 0.3 is 0 Å². The van der Waals surface area contributed by atoms with Gasteiger partial charge in [0.05, 0.1) is 0 Å². The third-order valence-electron chi connectivity index (χ3n) is 5.61. The zero-order valence-corrected chi connectivity index (χ0v) is 14.2. The van der Waals surface area contributed by atoms with Crippen LogP contribution in [-0.4, -0.2) is 0 Å². The summed E-state index contributed by atoms with van der Waals surface area (Å²) < 4.78 is 0. The standard InChI is InChI=1S/C26H16/c1-3-7-21-18(6-1)11-13-24-23(21)14-12-20-15-19-10-9-17-5-2-4-8-22(17)25(19)16-26(20)24/h1-16H. The van der Waals surface area contributed by atoms with E-state index < -0.39 is 0 Å². The van der Waals surface area contributed by atoms with E-state index in [2.05, 4.69) is 97.1 Å². The Kier molecular flexibility index (Phi) is 2.70. The van der Waals surface area contributed by atoms with Crippen LogP contribution in [0.5, 0.6) is 0 Å². The SMILES string of the molecule is c1ccc2c(c1)ccc1cc3ccc4c5ccccc5ccc4c3cc12. The Labute approximate surface area is 151 Å². The molecule has 0 aliphatic carbocycles. The lowest BCUT2D eigenvalue weighted by Gasteiger charge is -2.10. The van der Waals surface area contributed by atoms with Crippen molar-refractivity contribution in [1.82, 2.24) is 0 Å². The number of benzene rings is 6. The summed E-state index contributed by atoms with van der Waals surface area (Å²) in [5.74, 6) is 0. The first kappa shape index (κ1) is 13.9. The average Bonchev–Trinajstić information content (AvgIpc) is 2.72. The highest BCUT2D eigenvalue weighted by Crippen LogP contribution is 2.35. The quantitative estimate of drug-likeness (QED) is 0.200. The van der Waals surface area contributed by atoms with Crippen molar-refractivity contribution >= 4 is 53.9 Å². The molecule has 0 N–H and O–H groups in total. The number of hydrogen-bond donors (Lipinski definition) is 0. The van der Waals surface area contributed by atoms with E-state index in [4.69, 9.17) is 0 Å². The van der Waals surface area contributed by atoms with Crippen molar-refractivity contribution in [1.29, 1.82) is 0 Å². The topological polar surface area (TPSA) is 0 Å². The molecule has 0 spiro atoms. The van der Waals surface area contributed by atoms with Crippen molar-refractivity contribution in [2.24, 2.45) is 0 Å². The molecule has 0 aromatic heterocycles. The molecule has 0 amide bonds. The summed E-state index contributed by atoms with van der Waals surface area (Å²) in [6.45, 7) is 0. The second-order valence-corrected chi connectivity index (χ2v) is 7.03. The summed E-state index contributed by atoms with van der Waals surface area (Å²) in [7, 11) is 0. The van der Waals surface area contributed by atoms with Crippen LogP contribution in [0.25, 0.3) is 53.9 Å². The molecule has 6 aromatic rings. The first-order valence-electron chi connectivity index (χ1n) is 9.04. The monoisotopic (exact) mass is 328 g/mol. The normalized spacial score (nSPS) is 11.8. The van der Waals surface area contributed by atoms with Crippen molar-refractivity contribution in [3.8, 4) is 0 Å². The van der Waals surface area contributed by atoms with Gasteiger partial charge in [-0.25, -0.2) is 0 Å². The van der Waals surface area contributed by atoms with Crippen LogP contribution in [0.4, 0.5) is 0 Å². The summed E-state index contributed by atoms with van der Waals surface area (Å²) >= 11 is 0. The predicted octanol–water partition coefficient (Wildman–Crippen LogP) is 7.45. The maximum Gasteiger partial charge on any atom is -0.00986 e. The highest BCUT2D eigenvalue weighted by atomic mass is 14.1. The summed E-state index contributed by atoms with van der Waals surface area (Å²) in [5, 5.41) is 13.2. The first-order chi connectivity index (χ1) is 12.9. The van der Waals surface area contributed by atoms with Gasteiger partial charge in [0.1, 0.15) is 0 Å². The minimum absolute atomic E-state index is 1.30. The van der Waals surface area contributed by atoms with Gasteiger partial charge in [0.2, 0.25) is 0 Å². The largest absolute Gasteiger partial charge is 0.0616 e. The maximum atomic E-state index is 2.38. The van der Waals surface area contributed by atoms with Crippen LogP contribution in [0.15, 0.2) is 97.1 Å². The van der Waals surface area contributed by atoms with Crippen molar-refractivity contribution in [3.05, 3.63) is 97.1 Å². The van der Waals surface area contributed by atoms with E-state index in [-0.39, 0.29) is 0 Å². The van der Waals surface area contributed by atoms with Gasteiger partial charge in [0.15, 0.2) is 0 Å². The molecular formula is C26H16. The summed E-state index contributed by atoms with van der Waals surface area (Å²) in [5.41, 5.74) is 0. The Morgan fingerprint density at radius 3 is 1.46 bits per heavy atom. The fraction of sp³-hybridized carbons (Fsp3) is 0. The molecule has 0 aliphatic heterocycles. The molecule has 0 saturated carbocycles. The van der Waals surface area contributed by atoms with Crippen LogP contribution in [0.1, 0.15) is 0 Å². The van der Waals surface area contributed by atoms with Gasteiger partial charge in [-0.05, 0) is 66.0 Å². The van der Waals surface area contributed by atoms with Gasteiger partial charge in [0.25, 0.3) is 0 Å². The Bertz CT molecular complexity index is 1470. The first-order valence-corrected chi connectivity index (χ1v) is 9.04. The highest BCUT2D eigenvalue weighted by molar-refractivity contribution is 6.21. The van der Waals surface area contributed by atoms with E-state index in [9.17, 15) is 0 Å². The fourth-order valence-electron chi connectivity index (χ4n) is 4.33. The molecule has 0 nitrogen and oxygen atoms in total. The lowest BCUT2D eigenvalue weighted by molar-refractivity contribution is 1.78. The molecule has 0 saturated heterocycles. The van der Waals surface area contributed by atoms with E-state index >= 15 is 0 Å². The van der Waals surface area contributed by atoms with Gasteiger partial charge in [0, 0.05) is 0 Å². The van der Waals surface area contributed by atoms with Crippen LogP contribution < -0.4 is 0 Å². The third kappa shape index (κ3) is 1.84. The second-order valence-electron chi connectivity index (χ2n) is 7.03. The van der Waals surface area contributed by atoms with E-state index in [0.29, 0.717) is 0 Å². The van der Waals surface area contributed by atoms with Gasteiger partial charge < -0.3 is 0 Å². The zero-order valence-electron chi connectivity index (χ0n) is 14.2. The summed E-state index contributed by atoms with van der Waals surface area (Å²) in [6, 6.07) is 35.5. The minimum Gasteiger partial charge on any atom is -0.0616 e. The van der Waals surface area contributed by atoms with Crippen molar-refractivity contribution in [3.63, 3.8) is 0 Å². The lowest BCUT2D eigenvalue weighted by Crippen LogP contribution is -1.83. The number of fused-ring (bicyclic) bond motifs is 8. The van der Waals surface area contributed by atoms with Gasteiger partial charge in [-0.3, -0.25) is 0 Å². The Morgan fingerprint density at radius 2 is 0.731 bits per heavy atom. The Hall–Kier alpha value is -3.38. The van der Waals surface area contributed by atoms with E-state index in [1.54, 1.807) is 0 Å². The molecule has 0 heteroatoms. The molecule has 0 aliphatic rings. The molecule has 0 heterocycles. The van der Waals surface area contributed by atoms with E-state index in [1.165, 1.54) is 53.9 Å². The molecule has 26 heavy (non-hydrogen) atoms. The van der Waals surface area contributed by atoms with Crippen LogP contribution in [0.2, 0.25) is 0 Å². The predicted molar refractivity (Wildman–Crippen MR) is 114 cm³/mol. The van der Waals surface area contributed by atoms with Crippen LogP contribution in [0, 0.1) is 0 Å². The molecule has 0 unspecified atom stereocenters. The van der Waals surface area contributed by atoms with Gasteiger partial charge in [-0.1, -0.05) is 84.9 Å². The van der Waals surface area contributed by atoms with E-state index in [1.807, 2.05) is 0 Å². The van der Waals surface area contributed by atoms with Crippen molar-refractivity contribution < 1.29 is 0 Å². The zero-order chi connectivity index (χ0) is 17.1. The fourth-order valence-corrected chi connectivity index (χ4v) is 4.33. The average molecular weight is 328 g/mol. The molecule has 120 valence electrons. The van der Waals surface area contributed by atoms with Crippen LogP contribution in [-0.2, 0) is 0 Å². The highest BCUT2D eigenvalue weighted by Gasteiger charge is 2.07. The Balaban J connectivity index is 1.84. The molecule has 6 aromatic carbocycles. The summed E-state index contributed by atoms with van der Waals surface area (Å²) in [4.78, 5) is 0. The minimum atomic E-state index is 1.30. The van der Waals surface area contributed by atoms with Crippen molar-refractivity contribution in [2.75, 3.05) is 0 Å². The molecule has 0 atom stereocenters. The van der Waals surface area contributed by atoms with Gasteiger partial charge in [-0.15, -0.1) is 0 Å². The molecule has 0 radical (unpaired) electrons. The van der Waals surface area contributed by atoms with Gasteiger partial charge in [-0.2, -0.15) is 0 Å². The number of rotatable bonds is 0. The summed E-state index contributed by atoms with van der Waals surface area (Å²) in [6.07, 6.45) is 0. The van der Waals surface area contributed by atoms with Crippen LogP contribution in [0.3, 0.4) is 0 Å². The second kappa shape index (κ2) is 5.06. The molecule has 0 bridgehead atoms. The lowest BCUT2D eigenvalue weighted by atomic mass is 9.93. The Morgan fingerprint density at radius 1 is 0.269 bits per heavy atom. The molecule has 0 fully saturated rings. The third-order valence-corrected chi connectivity index (χ3v) is 5.61. The van der Waals surface area contributed by atoms with E-state index in [0.717, 1.165) is 0 Å². The van der Waals surface area contributed by atoms with Crippen molar-refractivity contribution in [2.45, 2.75) is 0 Å².